The van der Waals surface area contributed by atoms with Crippen LogP contribution in [0.25, 0.3) is 10.2 Å². The van der Waals surface area contributed by atoms with Crippen molar-refractivity contribution in [2.45, 2.75) is 6.43 Å². The van der Waals surface area contributed by atoms with E-state index in [1.807, 2.05) is 6.07 Å². The van der Waals surface area contributed by atoms with E-state index in [1.165, 1.54) is 0 Å². The number of hydrogen-bond donors (Lipinski definition) is 1. The van der Waals surface area contributed by atoms with Gasteiger partial charge in [0.05, 0.1) is 10.4 Å². The molecule has 0 bridgehead atoms. The smallest absolute Gasteiger partial charge is 0.289 e. The number of alkyl halides is 2. The first-order valence-electron chi connectivity index (χ1n) is 4.17. The highest BCUT2D eigenvalue weighted by Crippen LogP contribution is 2.35. The summed E-state index contributed by atoms with van der Waals surface area (Å²) in [6.07, 6.45) is -2.51. The van der Waals surface area contributed by atoms with Crippen molar-refractivity contribution < 1.29 is 8.78 Å². The maximum absolute atomic E-state index is 12.5. The Morgan fingerprint density at radius 2 is 2.20 bits per heavy atom. The summed E-state index contributed by atoms with van der Waals surface area (Å²) in [6, 6.07) is 3.61. The van der Waals surface area contributed by atoms with Gasteiger partial charge < -0.3 is 5.32 Å². The van der Waals surface area contributed by atoms with E-state index >= 15 is 0 Å². The van der Waals surface area contributed by atoms with Crippen LogP contribution in [-0.4, -0.2) is 12.0 Å². The molecule has 15 heavy (non-hydrogen) atoms. The minimum Gasteiger partial charge on any atom is -0.386 e. The van der Waals surface area contributed by atoms with E-state index in [4.69, 9.17) is 0 Å². The summed E-state index contributed by atoms with van der Waals surface area (Å²) in [5.41, 5.74) is 1.35. The van der Waals surface area contributed by atoms with Gasteiger partial charge in [-0.05, 0) is 12.1 Å². The van der Waals surface area contributed by atoms with Gasteiger partial charge in [0.2, 0.25) is 0 Å². The summed E-state index contributed by atoms with van der Waals surface area (Å²) in [5, 5.41) is 2.79. The minimum atomic E-state index is -2.51. The summed E-state index contributed by atoms with van der Waals surface area (Å²) >= 11 is 4.34. The zero-order valence-corrected chi connectivity index (χ0v) is 10.1. The number of halogens is 3. The first kappa shape index (κ1) is 10.8. The fourth-order valence-electron chi connectivity index (χ4n) is 1.30. The Bertz CT molecular complexity index is 498. The molecule has 1 aromatic carbocycles. The van der Waals surface area contributed by atoms with E-state index < -0.39 is 6.43 Å². The number of thiazole rings is 1. The average molecular weight is 293 g/mol. The van der Waals surface area contributed by atoms with Crippen molar-refractivity contribution in [2.75, 3.05) is 12.4 Å². The summed E-state index contributed by atoms with van der Waals surface area (Å²) in [4.78, 5) is 3.91. The number of rotatable bonds is 2. The van der Waals surface area contributed by atoms with Gasteiger partial charge in [0.25, 0.3) is 6.43 Å². The van der Waals surface area contributed by atoms with Crippen molar-refractivity contribution in [1.29, 1.82) is 0 Å². The zero-order chi connectivity index (χ0) is 11.0. The van der Waals surface area contributed by atoms with Gasteiger partial charge in [-0.2, -0.15) is 0 Å². The Balaban J connectivity index is 2.68. The van der Waals surface area contributed by atoms with Crippen LogP contribution < -0.4 is 5.32 Å². The predicted molar refractivity (Wildman–Crippen MR) is 61.8 cm³/mol. The Hall–Kier alpha value is -0.750. The van der Waals surface area contributed by atoms with E-state index in [-0.39, 0.29) is 5.01 Å². The normalized spacial score (nSPS) is 11.3. The van der Waals surface area contributed by atoms with E-state index in [9.17, 15) is 8.78 Å². The standard InChI is InChI=1S/C9H7BrF2N2S/c1-13-5-2-4(10)3-6-7(5)14-9(15-6)8(11)12/h2-3,8,13H,1H3. The van der Waals surface area contributed by atoms with Gasteiger partial charge >= 0.3 is 0 Å². The molecule has 6 heteroatoms. The number of nitrogens with zero attached hydrogens (tertiary/aromatic N) is 1. The van der Waals surface area contributed by atoms with Gasteiger partial charge in [-0.25, -0.2) is 13.8 Å². The van der Waals surface area contributed by atoms with Crippen LogP contribution in [0.5, 0.6) is 0 Å². The Morgan fingerprint density at radius 1 is 1.47 bits per heavy atom. The Morgan fingerprint density at radius 3 is 2.80 bits per heavy atom. The number of anilines is 1. The van der Waals surface area contributed by atoms with Crippen molar-refractivity contribution in [3.05, 3.63) is 21.6 Å². The highest BCUT2D eigenvalue weighted by atomic mass is 79.9. The van der Waals surface area contributed by atoms with Gasteiger partial charge in [0.15, 0.2) is 5.01 Å². The van der Waals surface area contributed by atoms with Gasteiger partial charge in [-0.15, -0.1) is 11.3 Å². The molecule has 1 aromatic heterocycles. The molecule has 1 heterocycles. The molecule has 0 amide bonds. The van der Waals surface area contributed by atoms with E-state index in [0.717, 1.165) is 26.2 Å². The third kappa shape index (κ3) is 1.96. The molecule has 0 fully saturated rings. The molecule has 0 aliphatic carbocycles. The zero-order valence-electron chi connectivity index (χ0n) is 7.72. The van der Waals surface area contributed by atoms with Crippen LogP contribution in [0.4, 0.5) is 14.5 Å². The lowest BCUT2D eigenvalue weighted by Crippen LogP contribution is -1.89. The topological polar surface area (TPSA) is 24.9 Å². The molecule has 0 saturated carbocycles. The highest BCUT2D eigenvalue weighted by molar-refractivity contribution is 9.10. The number of hydrogen-bond acceptors (Lipinski definition) is 3. The molecule has 0 spiro atoms. The van der Waals surface area contributed by atoms with Crippen LogP contribution in [0.2, 0.25) is 0 Å². The SMILES string of the molecule is CNc1cc(Br)cc2sc(C(F)F)nc12. The van der Waals surface area contributed by atoms with Crippen LogP contribution in [-0.2, 0) is 0 Å². The van der Waals surface area contributed by atoms with E-state index in [0.29, 0.717) is 5.52 Å². The number of aromatic nitrogens is 1. The number of benzene rings is 1. The van der Waals surface area contributed by atoms with Crippen molar-refractivity contribution in [2.24, 2.45) is 0 Å². The van der Waals surface area contributed by atoms with Crippen LogP contribution >= 0.6 is 27.3 Å². The van der Waals surface area contributed by atoms with Crippen molar-refractivity contribution in [3.8, 4) is 0 Å². The molecule has 0 atom stereocenters. The minimum absolute atomic E-state index is 0.139. The van der Waals surface area contributed by atoms with Gasteiger partial charge in [-0.1, -0.05) is 15.9 Å². The van der Waals surface area contributed by atoms with Crippen LogP contribution in [0.15, 0.2) is 16.6 Å². The molecule has 0 saturated heterocycles. The molecule has 1 N–H and O–H groups in total. The second kappa shape index (κ2) is 4.02. The largest absolute Gasteiger partial charge is 0.386 e. The fraction of sp³-hybridized carbons (Fsp3) is 0.222. The first-order chi connectivity index (χ1) is 7.11. The molecule has 0 unspecified atom stereocenters. The van der Waals surface area contributed by atoms with E-state index in [2.05, 4.69) is 26.2 Å². The summed E-state index contributed by atoms with van der Waals surface area (Å²) in [7, 11) is 1.74. The molecule has 2 rings (SSSR count). The lowest BCUT2D eigenvalue weighted by atomic mass is 10.3. The predicted octanol–water partition coefficient (Wildman–Crippen LogP) is 4.04. The maximum atomic E-state index is 12.5. The molecule has 2 aromatic rings. The molecular formula is C9H7BrF2N2S. The monoisotopic (exact) mass is 292 g/mol. The molecule has 0 aliphatic rings. The number of nitrogens with one attached hydrogen (secondary N) is 1. The summed E-state index contributed by atoms with van der Waals surface area (Å²) < 4.78 is 26.5. The maximum Gasteiger partial charge on any atom is 0.289 e. The Kier molecular flexibility index (Phi) is 2.88. The van der Waals surface area contributed by atoms with Crippen LogP contribution in [0.1, 0.15) is 11.4 Å². The highest BCUT2D eigenvalue weighted by Gasteiger charge is 2.15. The third-order valence-electron chi connectivity index (χ3n) is 1.93. The second-order valence-corrected chi connectivity index (χ2v) is 4.88. The number of fused-ring (bicyclic) bond motifs is 1. The molecular weight excluding hydrogens is 286 g/mol. The lowest BCUT2D eigenvalue weighted by Gasteiger charge is -2.01. The summed E-state index contributed by atoms with van der Waals surface area (Å²) in [6.45, 7) is 0. The van der Waals surface area contributed by atoms with Crippen molar-refractivity contribution in [3.63, 3.8) is 0 Å². The quantitative estimate of drug-likeness (QED) is 0.904. The molecule has 0 radical (unpaired) electrons. The molecule has 80 valence electrons. The third-order valence-corrected chi connectivity index (χ3v) is 3.40. The van der Waals surface area contributed by atoms with Gasteiger partial charge in [0, 0.05) is 11.5 Å². The van der Waals surface area contributed by atoms with Gasteiger partial charge in [0.1, 0.15) is 5.52 Å². The van der Waals surface area contributed by atoms with Crippen molar-refractivity contribution >= 4 is 43.2 Å². The first-order valence-corrected chi connectivity index (χ1v) is 5.78. The van der Waals surface area contributed by atoms with E-state index in [1.54, 1.807) is 13.1 Å². The Labute approximate surface area is 97.5 Å². The lowest BCUT2D eigenvalue weighted by molar-refractivity contribution is 0.151. The molecule has 0 aliphatic heterocycles. The van der Waals surface area contributed by atoms with Crippen LogP contribution in [0.3, 0.4) is 0 Å². The van der Waals surface area contributed by atoms with Gasteiger partial charge in [-0.3, -0.25) is 0 Å². The van der Waals surface area contributed by atoms with Crippen LogP contribution in [0, 0.1) is 0 Å². The summed E-state index contributed by atoms with van der Waals surface area (Å²) in [5.74, 6) is 0. The second-order valence-electron chi connectivity index (χ2n) is 2.90. The molecule has 2 nitrogen and oxygen atoms in total. The average Bonchev–Trinajstić information content (AvgIpc) is 2.59. The fourth-order valence-corrected chi connectivity index (χ4v) is 2.80. The van der Waals surface area contributed by atoms with Crippen molar-refractivity contribution in [1.82, 2.24) is 4.98 Å².